The number of nitrogens with one attached hydrogen (secondary N) is 3. The Morgan fingerprint density at radius 3 is 2.06 bits per heavy atom. The van der Waals surface area contributed by atoms with Gasteiger partial charge in [0, 0.05) is 16.9 Å². The molecule has 0 aliphatic heterocycles. The van der Waals surface area contributed by atoms with E-state index in [1.165, 1.54) is 7.11 Å². The monoisotopic (exact) mass is 451 g/mol. The summed E-state index contributed by atoms with van der Waals surface area (Å²) in [5.74, 6) is -1.52. The number of hydrogen-bond donors (Lipinski definition) is 3. The Labute approximate surface area is 190 Å². The van der Waals surface area contributed by atoms with Gasteiger partial charge in [-0.2, -0.15) is 4.98 Å². The van der Waals surface area contributed by atoms with Crippen LogP contribution in [0.3, 0.4) is 0 Å². The van der Waals surface area contributed by atoms with E-state index in [2.05, 4.69) is 26.1 Å². The minimum atomic E-state index is -0.839. The molecule has 33 heavy (non-hydrogen) atoms. The molecule has 2 aromatic carbocycles. The summed E-state index contributed by atoms with van der Waals surface area (Å²) in [5, 5.41) is 11.8. The lowest BCUT2D eigenvalue weighted by molar-refractivity contribution is -0.144. The summed E-state index contributed by atoms with van der Waals surface area (Å²) in [7, 11) is 1.25. The van der Waals surface area contributed by atoms with Gasteiger partial charge in [0.1, 0.15) is 6.04 Å². The minimum Gasteiger partial charge on any atom is -0.467 e. The number of aromatic nitrogens is 2. The maximum atomic E-state index is 12.4. The summed E-state index contributed by atoms with van der Waals surface area (Å²) in [6, 6.07) is 12.9. The van der Waals surface area contributed by atoms with Crippen LogP contribution in [0.5, 0.6) is 0 Å². The number of hydrogen-bond acceptors (Lipinski definition) is 7. The van der Waals surface area contributed by atoms with Gasteiger partial charge in [0.15, 0.2) is 0 Å². The second kappa shape index (κ2) is 10.4. The van der Waals surface area contributed by atoms with Crippen LogP contribution in [0, 0.1) is 12.8 Å². The molecule has 1 unspecified atom stereocenters. The average Bonchev–Trinajstić information content (AvgIpc) is 3.29. The van der Waals surface area contributed by atoms with Crippen molar-refractivity contribution in [1.29, 1.82) is 0 Å². The molecule has 10 heteroatoms. The molecule has 0 fully saturated rings. The number of rotatable bonds is 7. The fourth-order valence-corrected chi connectivity index (χ4v) is 2.89. The molecule has 0 spiro atoms. The summed E-state index contributed by atoms with van der Waals surface area (Å²) in [4.78, 5) is 40.5. The first-order valence-electron chi connectivity index (χ1n) is 10.2. The first-order chi connectivity index (χ1) is 15.8. The van der Waals surface area contributed by atoms with Gasteiger partial charge in [-0.25, -0.2) is 9.59 Å². The summed E-state index contributed by atoms with van der Waals surface area (Å²) in [6.07, 6.45) is 0. The number of carbonyl (C=O) groups excluding carboxylic acids is 3. The Hall–Kier alpha value is -4.21. The number of nitrogens with zero attached hydrogens (tertiary/aromatic N) is 2. The molecule has 0 bridgehead atoms. The van der Waals surface area contributed by atoms with Gasteiger partial charge in [0.05, 0.1) is 7.11 Å². The molecule has 3 N–H and O–H groups in total. The van der Waals surface area contributed by atoms with Crippen molar-refractivity contribution in [2.24, 2.45) is 5.92 Å². The first kappa shape index (κ1) is 23.5. The first-order valence-corrected chi connectivity index (χ1v) is 10.2. The Morgan fingerprint density at radius 2 is 1.52 bits per heavy atom. The molecule has 1 aromatic heterocycles. The molecule has 3 aromatic rings. The number of urea groups is 1. The highest BCUT2D eigenvalue weighted by molar-refractivity contribution is 5.99. The molecular formula is C23H25N5O5. The van der Waals surface area contributed by atoms with E-state index in [0.717, 1.165) is 5.56 Å². The molecule has 3 rings (SSSR count). The van der Waals surface area contributed by atoms with Gasteiger partial charge >= 0.3 is 23.8 Å². The smallest absolute Gasteiger partial charge is 0.328 e. The zero-order chi connectivity index (χ0) is 24.0. The van der Waals surface area contributed by atoms with Gasteiger partial charge in [0.25, 0.3) is 0 Å². The Kier molecular flexibility index (Phi) is 7.39. The van der Waals surface area contributed by atoms with Crippen molar-refractivity contribution in [2.45, 2.75) is 26.8 Å². The summed E-state index contributed by atoms with van der Waals surface area (Å²) in [6.45, 7) is 5.52. The van der Waals surface area contributed by atoms with E-state index in [1.54, 1.807) is 38.1 Å². The van der Waals surface area contributed by atoms with Crippen LogP contribution >= 0.6 is 0 Å². The van der Waals surface area contributed by atoms with Crippen molar-refractivity contribution in [1.82, 2.24) is 15.5 Å². The zero-order valence-corrected chi connectivity index (χ0v) is 18.7. The molecule has 10 nitrogen and oxygen atoms in total. The SMILES string of the molecule is COC(=O)C(NC(=O)c1nc(-c2ccc(NC(=O)Nc3ccc(C)cc3)cc2)no1)C(C)C. The molecule has 3 amide bonds. The molecule has 0 radical (unpaired) electrons. The van der Waals surface area contributed by atoms with Crippen LogP contribution < -0.4 is 16.0 Å². The summed E-state index contributed by atoms with van der Waals surface area (Å²) in [5.41, 5.74) is 2.92. The van der Waals surface area contributed by atoms with Crippen LogP contribution in [0.2, 0.25) is 0 Å². The maximum Gasteiger partial charge on any atom is 0.328 e. The zero-order valence-electron chi connectivity index (χ0n) is 18.7. The standard InChI is InChI=1S/C23H25N5O5/c1-13(2)18(22(30)32-4)26-20(29)21-27-19(28-33-21)15-7-11-17(12-8-15)25-23(31)24-16-9-5-14(3)6-10-16/h5-13,18H,1-4H3,(H,26,29)(H2,24,25,31). The van der Waals surface area contributed by atoms with Crippen molar-refractivity contribution in [2.75, 3.05) is 17.7 Å². The summed E-state index contributed by atoms with van der Waals surface area (Å²) < 4.78 is 9.75. The average molecular weight is 451 g/mol. The van der Waals surface area contributed by atoms with Crippen molar-refractivity contribution in [3.05, 3.63) is 60.0 Å². The van der Waals surface area contributed by atoms with E-state index in [9.17, 15) is 14.4 Å². The van der Waals surface area contributed by atoms with E-state index in [-0.39, 0.29) is 23.7 Å². The number of aryl methyl sites for hydroxylation is 1. The lowest BCUT2D eigenvalue weighted by Crippen LogP contribution is -2.45. The second-order valence-electron chi connectivity index (χ2n) is 7.66. The molecule has 1 heterocycles. The Bertz CT molecular complexity index is 1120. The maximum absolute atomic E-state index is 12.4. The van der Waals surface area contributed by atoms with Crippen LogP contribution in [0.4, 0.5) is 16.2 Å². The topological polar surface area (TPSA) is 135 Å². The summed E-state index contributed by atoms with van der Waals surface area (Å²) >= 11 is 0. The van der Waals surface area contributed by atoms with E-state index in [0.29, 0.717) is 16.9 Å². The molecular weight excluding hydrogens is 426 g/mol. The minimum absolute atomic E-state index is 0.188. The number of ether oxygens (including phenoxy) is 1. The number of amides is 3. The normalized spacial score (nSPS) is 11.5. The number of carbonyl (C=O) groups is 3. The third-order valence-corrected chi connectivity index (χ3v) is 4.74. The van der Waals surface area contributed by atoms with Gasteiger partial charge in [-0.1, -0.05) is 36.7 Å². The number of anilines is 2. The molecule has 0 aliphatic carbocycles. The third-order valence-electron chi connectivity index (χ3n) is 4.74. The molecule has 1 atom stereocenters. The fourth-order valence-electron chi connectivity index (χ4n) is 2.89. The lowest BCUT2D eigenvalue weighted by atomic mass is 10.0. The fraction of sp³-hybridized carbons (Fsp3) is 0.261. The highest BCUT2D eigenvalue weighted by atomic mass is 16.5. The molecule has 0 saturated heterocycles. The van der Waals surface area contributed by atoms with Crippen molar-refractivity contribution in [3.8, 4) is 11.4 Å². The number of esters is 1. The van der Waals surface area contributed by atoms with Gasteiger partial charge < -0.3 is 25.2 Å². The van der Waals surface area contributed by atoms with Crippen molar-refractivity contribution < 1.29 is 23.6 Å². The van der Waals surface area contributed by atoms with Crippen molar-refractivity contribution in [3.63, 3.8) is 0 Å². The van der Waals surface area contributed by atoms with Crippen LogP contribution in [0.25, 0.3) is 11.4 Å². The highest BCUT2D eigenvalue weighted by Crippen LogP contribution is 2.19. The van der Waals surface area contributed by atoms with Crippen LogP contribution in [-0.4, -0.2) is 41.2 Å². The van der Waals surface area contributed by atoms with Gasteiger partial charge in [0.2, 0.25) is 5.82 Å². The molecule has 0 aliphatic rings. The predicted octanol–water partition coefficient (Wildman–Crippen LogP) is 3.62. The van der Waals surface area contributed by atoms with Crippen LogP contribution in [-0.2, 0) is 9.53 Å². The van der Waals surface area contributed by atoms with E-state index >= 15 is 0 Å². The van der Waals surface area contributed by atoms with Gasteiger partial charge in [-0.3, -0.25) is 4.79 Å². The van der Waals surface area contributed by atoms with Crippen molar-refractivity contribution >= 4 is 29.3 Å². The Balaban J connectivity index is 1.62. The Morgan fingerprint density at radius 1 is 0.939 bits per heavy atom. The quantitative estimate of drug-likeness (QED) is 0.467. The molecule has 172 valence electrons. The van der Waals surface area contributed by atoms with E-state index in [4.69, 9.17) is 9.26 Å². The van der Waals surface area contributed by atoms with E-state index < -0.39 is 17.9 Å². The second-order valence-corrected chi connectivity index (χ2v) is 7.66. The predicted molar refractivity (Wildman–Crippen MR) is 122 cm³/mol. The highest BCUT2D eigenvalue weighted by Gasteiger charge is 2.27. The van der Waals surface area contributed by atoms with Crippen LogP contribution in [0.1, 0.15) is 30.1 Å². The molecule has 0 saturated carbocycles. The van der Waals surface area contributed by atoms with Crippen LogP contribution in [0.15, 0.2) is 53.1 Å². The number of methoxy groups -OCH3 is 1. The van der Waals surface area contributed by atoms with Gasteiger partial charge in [-0.05, 0) is 49.2 Å². The number of benzene rings is 2. The van der Waals surface area contributed by atoms with E-state index in [1.807, 2.05) is 31.2 Å². The largest absolute Gasteiger partial charge is 0.467 e. The van der Waals surface area contributed by atoms with Gasteiger partial charge in [-0.15, -0.1) is 0 Å². The lowest BCUT2D eigenvalue weighted by Gasteiger charge is -2.18. The third kappa shape index (κ3) is 6.16.